The molecular formula is C11H10N2O2. The van der Waals surface area contributed by atoms with E-state index in [0.29, 0.717) is 0 Å². The van der Waals surface area contributed by atoms with Gasteiger partial charge in [-0.2, -0.15) is 0 Å². The second kappa shape index (κ2) is 3.96. The third-order valence-electron chi connectivity index (χ3n) is 2.19. The molecule has 0 saturated carbocycles. The number of nitrogens with zero attached hydrogens (tertiary/aromatic N) is 2. The SMILES string of the molecule is O=[N+]([O-])c1cccc(N2C=CC=CC2)c1. The number of hydrogen-bond acceptors (Lipinski definition) is 3. The van der Waals surface area contributed by atoms with Gasteiger partial charge in [-0.15, -0.1) is 0 Å². The zero-order chi connectivity index (χ0) is 10.7. The third-order valence-corrected chi connectivity index (χ3v) is 2.19. The van der Waals surface area contributed by atoms with Crippen LogP contribution in [0.15, 0.2) is 48.7 Å². The number of anilines is 1. The van der Waals surface area contributed by atoms with Gasteiger partial charge in [0.1, 0.15) is 0 Å². The van der Waals surface area contributed by atoms with Crippen LogP contribution in [0, 0.1) is 10.1 Å². The highest BCUT2D eigenvalue weighted by atomic mass is 16.6. The molecule has 1 aliphatic rings. The molecule has 2 rings (SSSR count). The van der Waals surface area contributed by atoms with E-state index in [9.17, 15) is 10.1 Å². The molecule has 0 unspecified atom stereocenters. The monoisotopic (exact) mass is 202 g/mol. The van der Waals surface area contributed by atoms with Crippen molar-refractivity contribution >= 4 is 11.4 Å². The summed E-state index contributed by atoms with van der Waals surface area (Å²) >= 11 is 0. The molecule has 4 nitrogen and oxygen atoms in total. The summed E-state index contributed by atoms with van der Waals surface area (Å²) in [6.07, 6.45) is 7.76. The predicted molar refractivity (Wildman–Crippen MR) is 58.7 cm³/mol. The van der Waals surface area contributed by atoms with Crippen LogP contribution in [-0.2, 0) is 0 Å². The normalized spacial score (nSPS) is 14.3. The number of nitro benzene ring substituents is 1. The lowest BCUT2D eigenvalue weighted by Crippen LogP contribution is -2.17. The van der Waals surface area contributed by atoms with Gasteiger partial charge in [-0.1, -0.05) is 18.2 Å². The maximum absolute atomic E-state index is 10.6. The first-order valence-electron chi connectivity index (χ1n) is 4.62. The maximum Gasteiger partial charge on any atom is 0.271 e. The van der Waals surface area contributed by atoms with Gasteiger partial charge in [0.25, 0.3) is 5.69 Å². The second-order valence-electron chi connectivity index (χ2n) is 3.20. The highest BCUT2D eigenvalue weighted by Crippen LogP contribution is 2.22. The first kappa shape index (κ1) is 9.45. The standard InChI is InChI=1S/C11H10N2O2/c14-13(15)11-6-4-5-10(9-11)12-7-2-1-3-8-12/h1-7,9H,8H2. The Kier molecular flexibility index (Phi) is 2.49. The number of nitro groups is 1. The lowest BCUT2D eigenvalue weighted by atomic mass is 10.2. The van der Waals surface area contributed by atoms with Gasteiger partial charge in [-0.3, -0.25) is 10.1 Å². The highest BCUT2D eigenvalue weighted by Gasteiger charge is 2.09. The third kappa shape index (κ3) is 2.04. The molecule has 0 fully saturated rings. The molecule has 0 aliphatic carbocycles. The van der Waals surface area contributed by atoms with Crippen LogP contribution >= 0.6 is 0 Å². The van der Waals surface area contributed by atoms with Crippen molar-refractivity contribution in [2.24, 2.45) is 0 Å². The van der Waals surface area contributed by atoms with E-state index in [0.717, 1.165) is 12.2 Å². The fourth-order valence-electron chi connectivity index (χ4n) is 1.44. The van der Waals surface area contributed by atoms with Gasteiger partial charge in [0.2, 0.25) is 0 Å². The Balaban J connectivity index is 2.28. The Hall–Kier alpha value is -2.10. The molecule has 0 aromatic heterocycles. The topological polar surface area (TPSA) is 46.4 Å². The van der Waals surface area contributed by atoms with E-state index in [4.69, 9.17) is 0 Å². The average Bonchev–Trinajstić information content (AvgIpc) is 2.30. The van der Waals surface area contributed by atoms with Crippen molar-refractivity contribution in [2.45, 2.75) is 0 Å². The molecule has 1 heterocycles. The number of allylic oxidation sites excluding steroid dienone is 2. The second-order valence-corrected chi connectivity index (χ2v) is 3.20. The Morgan fingerprint density at radius 1 is 1.33 bits per heavy atom. The van der Waals surface area contributed by atoms with E-state index in [1.54, 1.807) is 12.1 Å². The highest BCUT2D eigenvalue weighted by molar-refractivity contribution is 5.56. The molecule has 4 heteroatoms. The molecule has 0 saturated heterocycles. The fraction of sp³-hybridized carbons (Fsp3) is 0.0909. The Labute approximate surface area is 87.3 Å². The molecular weight excluding hydrogens is 192 g/mol. The number of hydrogen-bond donors (Lipinski definition) is 0. The van der Waals surface area contributed by atoms with Crippen LogP contribution in [0.1, 0.15) is 0 Å². The Morgan fingerprint density at radius 2 is 2.20 bits per heavy atom. The van der Waals surface area contributed by atoms with Gasteiger partial charge in [0.15, 0.2) is 0 Å². The summed E-state index contributed by atoms with van der Waals surface area (Å²) in [4.78, 5) is 12.2. The van der Waals surface area contributed by atoms with Gasteiger partial charge >= 0.3 is 0 Å². The minimum atomic E-state index is -0.382. The Bertz CT molecular complexity index is 438. The molecule has 0 radical (unpaired) electrons. The van der Waals surface area contributed by atoms with Crippen molar-refractivity contribution in [1.29, 1.82) is 0 Å². The van der Waals surface area contributed by atoms with E-state index in [2.05, 4.69) is 0 Å². The lowest BCUT2D eigenvalue weighted by molar-refractivity contribution is -0.384. The van der Waals surface area contributed by atoms with Crippen LogP contribution in [0.25, 0.3) is 0 Å². The summed E-state index contributed by atoms with van der Waals surface area (Å²) in [7, 11) is 0. The Morgan fingerprint density at radius 3 is 2.87 bits per heavy atom. The van der Waals surface area contributed by atoms with Crippen molar-refractivity contribution in [1.82, 2.24) is 0 Å². The van der Waals surface area contributed by atoms with Gasteiger partial charge < -0.3 is 4.90 Å². The maximum atomic E-state index is 10.6. The smallest absolute Gasteiger partial charge is 0.271 e. The lowest BCUT2D eigenvalue weighted by Gasteiger charge is -2.20. The average molecular weight is 202 g/mol. The molecule has 0 bridgehead atoms. The van der Waals surface area contributed by atoms with Gasteiger partial charge in [0.05, 0.1) is 4.92 Å². The van der Waals surface area contributed by atoms with Gasteiger partial charge in [0, 0.05) is 30.6 Å². The van der Waals surface area contributed by atoms with Crippen molar-refractivity contribution in [2.75, 3.05) is 11.4 Å². The van der Waals surface area contributed by atoms with E-state index in [1.165, 1.54) is 6.07 Å². The molecule has 15 heavy (non-hydrogen) atoms. The number of non-ortho nitro benzene ring substituents is 1. The summed E-state index contributed by atoms with van der Waals surface area (Å²) in [6.45, 7) is 0.748. The van der Waals surface area contributed by atoms with Crippen LogP contribution in [0.5, 0.6) is 0 Å². The van der Waals surface area contributed by atoms with Crippen LogP contribution in [0.2, 0.25) is 0 Å². The van der Waals surface area contributed by atoms with Crippen LogP contribution in [0.4, 0.5) is 11.4 Å². The number of benzene rings is 1. The zero-order valence-corrected chi connectivity index (χ0v) is 8.04. The zero-order valence-electron chi connectivity index (χ0n) is 8.04. The minimum Gasteiger partial charge on any atom is -0.344 e. The van der Waals surface area contributed by atoms with Crippen LogP contribution in [0.3, 0.4) is 0 Å². The molecule has 1 aliphatic heterocycles. The summed E-state index contributed by atoms with van der Waals surface area (Å²) in [5, 5.41) is 10.6. The van der Waals surface area contributed by atoms with E-state index >= 15 is 0 Å². The first-order chi connectivity index (χ1) is 7.27. The van der Waals surface area contributed by atoms with E-state index in [-0.39, 0.29) is 10.6 Å². The molecule has 1 aromatic rings. The molecule has 0 N–H and O–H groups in total. The number of rotatable bonds is 2. The molecule has 76 valence electrons. The van der Waals surface area contributed by atoms with Crippen LogP contribution < -0.4 is 4.90 Å². The van der Waals surface area contributed by atoms with E-state index < -0.39 is 0 Å². The van der Waals surface area contributed by atoms with E-state index in [1.807, 2.05) is 35.4 Å². The van der Waals surface area contributed by atoms with Crippen molar-refractivity contribution in [3.63, 3.8) is 0 Å². The quantitative estimate of drug-likeness (QED) is 0.546. The molecule has 0 amide bonds. The molecule has 0 spiro atoms. The predicted octanol–water partition coefficient (Wildman–Crippen LogP) is 2.48. The first-order valence-corrected chi connectivity index (χ1v) is 4.62. The largest absolute Gasteiger partial charge is 0.344 e. The van der Waals surface area contributed by atoms with Crippen LogP contribution in [-0.4, -0.2) is 11.5 Å². The van der Waals surface area contributed by atoms with Gasteiger partial charge in [-0.25, -0.2) is 0 Å². The van der Waals surface area contributed by atoms with Crippen molar-refractivity contribution in [3.8, 4) is 0 Å². The summed E-state index contributed by atoms with van der Waals surface area (Å²) in [5.74, 6) is 0. The molecule has 1 aromatic carbocycles. The summed E-state index contributed by atoms with van der Waals surface area (Å²) in [5.41, 5.74) is 0.959. The van der Waals surface area contributed by atoms with Crippen molar-refractivity contribution < 1.29 is 4.92 Å². The summed E-state index contributed by atoms with van der Waals surface area (Å²) in [6, 6.07) is 6.62. The minimum absolute atomic E-state index is 0.121. The fourth-order valence-corrected chi connectivity index (χ4v) is 1.44. The molecule has 0 atom stereocenters. The summed E-state index contributed by atoms with van der Waals surface area (Å²) < 4.78 is 0. The van der Waals surface area contributed by atoms with Gasteiger partial charge in [-0.05, 0) is 12.1 Å². The van der Waals surface area contributed by atoms with Crippen molar-refractivity contribution in [3.05, 3.63) is 58.8 Å².